The molecule has 2 amide bonds. The number of hydrogen-bond donors (Lipinski definition) is 1. The van der Waals surface area contributed by atoms with Crippen molar-refractivity contribution in [3.8, 4) is 0 Å². The summed E-state index contributed by atoms with van der Waals surface area (Å²) in [6, 6.07) is 12.0. The Balaban J connectivity index is 1.79. The maximum Gasteiger partial charge on any atom is 0.243 e. The maximum absolute atomic E-state index is 13.7. The van der Waals surface area contributed by atoms with Crippen LogP contribution in [0.15, 0.2) is 42.5 Å². The standard InChI is InChI=1S/C30H41Cl2N3O4S/c1-4-22-16-18-24(19-17-22)35(40(3,38)39)20-10-15-29(36)34(21-25-26(31)13-9-14-27(25)32)28(5-2)30(37)33-23-11-7-6-8-12-23/h9,13-14,16-19,23,28H,4-8,10-12,15,20-21H2,1-3H3,(H,33,37)/t28-/m0/s1. The van der Waals surface area contributed by atoms with Crippen LogP contribution < -0.4 is 9.62 Å². The smallest absolute Gasteiger partial charge is 0.243 e. The molecule has 2 aromatic rings. The molecular formula is C30H41Cl2N3O4S. The largest absolute Gasteiger partial charge is 0.352 e. The molecule has 0 aliphatic heterocycles. The van der Waals surface area contributed by atoms with E-state index in [1.54, 1.807) is 35.2 Å². The highest BCUT2D eigenvalue weighted by Crippen LogP contribution is 2.28. The average Bonchev–Trinajstić information content (AvgIpc) is 2.92. The van der Waals surface area contributed by atoms with Gasteiger partial charge >= 0.3 is 0 Å². The van der Waals surface area contributed by atoms with Crippen molar-refractivity contribution in [1.82, 2.24) is 10.2 Å². The molecule has 1 atom stereocenters. The molecule has 2 aromatic carbocycles. The second kappa shape index (κ2) is 15.1. The molecule has 0 aromatic heterocycles. The minimum Gasteiger partial charge on any atom is -0.352 e. The molecule has 0 heterocycles. The summed E-state index contributed by atoms with van der Waals surface area (Å²) >= 11 is 12.9. The molecule has 1 fully saturated rings. The van der Waals surface area contributed by atoms with Gasteiger partial charge in [-0.15, -0.1) is 0 Å². The fourth-order valence-corrected chi connectivity index (χ4v) is 6.70. The van der Waals surface area contributed by atoms with Crippen LogP contribution in [-0.4, -0.2) is 50.0 Å². The Bertz CT molecular complexity index is 1230. The number of sulfonamides is 1. The number of carbonyl (C=O) groups excluding carboxylic acids is 2. The van der Waals surface area contributed by atoms with Crippen LogP contribution in [0.3, 0.4) is 0 Å². The van der Waals surface area contributed by atoms with E-state index in [2.05, 4.69) is 5.32 Å². The van der Waals surface area contributed by atoms with Crippen molar-refractivity contribution in [1.29, 1.82) is 0 Å². The SMILES string of the molecule is CCc1ccc(N(CCCC(=O)N(Cc2c(Cl)cccc2Cl)[C@@H](CC)C(=O)NC2CCCCC2)S(C)(=O)=O)cc1. The fourth-order valence-electron chi connectivity index (χ4n) is 5.22. The molecule has 1 aliphatic carbocycles. The number of anilines is 1. The van der Waals surface area contributed by atoms with Crippen molar-refractivity contribution >= 4 is 50.7 Å². The van der Waals surface area contributed by atoms with E-state index < -0.39 is 16.1 Å². The summed E-state index contributed by atoms with van der Waals surface area (Å²) < 4.78 is 26.5. The Morgan fingerprint density at radius 2 is 1.62 bits per heavy atom. The van der Waals surface area contributed by atoms with Crippen LogP contribution in [0.25, 0.3) is 0 Å². The average molecular weight is 611 g/mol. The van der Waals surface area contributed by atoms with Crippen LogP contribution in [0, 0.1) is 0 Å². The van der Waals surface area contributed by atoms with E-state index in [0.29, 0.717) is 27.7 Å². The third kappa shape index (κ3) is 8.85. The molecule has 7 nitrogen and oxygen atoms in total. The lowest BCUT2D eigenvalue weighted by Crippen LogP contribution is -2.51. The zero-order valence-electron chi connectivity index (χ0n) is 23.7. The first kappa shape index (κ1) is 32.2. The lowest BCUT2D eigenvalue weighted by Gasteiger charge is -2.33. The Labute approximate surface area is 249 Å². The van der Waals surface area contributed by atoms with Gasteiger partial charge in [-0.25, -0.2) is 8.42 Å². The zero-order chi connectivity index (χ0) is 29.3. The van der Waals surface area contributed by atoms with Gasteiger partial charge in [-0.3, -0.25) is 13.9 Å². The van der Waals surface area contributed by atoms with Crippen LogP contribution in [0.4, 0.5) is 5.69 Å². The number of nitrogens with one attached hydrogen (secondary N) is 1. The number of rotatable bonds is 13. The molecule has 3 rings (SSSR count). The maximum atomic E-state index is 13.7. The molecule has 10 heteroatoms. The number of halogens is 2. The predicted molar refractivity (Wildman–Crippen MR) is 163 cm³/mol. The summed E-state index contributed by atoms with van der Waals surface area (Å²) in [5.74, 6) is -0.434. The Morgan fingerprint density at radius 3 is 2.17 bits per heavy atom. The zero-order valence-corrected chi connectivity index (χ0v) is 26.0. The molecular weight excluding hydrogens is 569 g/mol. The summed E-state index contributed by atoms with van der Waals surface area (Å²) in [7, 11) is -3.56. The second-order valence-electron chi connectivity index (χ2n) is 10.4. The third-order valence-corrected chi connectivity index (χ3v) is 9.41. The van der Waals surface area contributed by atoms with Crippen molar-refractivity contribution < 1.29 is 18.0 Å². The van der Waals surface area contributed by atoms with E-state index in [1.165, 1.54) is 10.7 Å². The van der Waals surface area contributed by atoms with Gasteiger partial charge in [0.15, 0.2) is 0 Å². The number of aryl methyl sites for hydroxylation is 1. The fraction of sp³-hybridized carbons (Fsp3) is 0.533. The summed E-state index contributed by atoms with van der Waals surface area (Å²) in [5, 5.41) is 4.00. The summed E-state index contributed by atoms with van der Waals surface area (Å²) in [5.41, 5.74) is 2.25. The number of hydrogen-bond acceptors (Lipinski definition) is 4. The Kier molecular flexibility index (Phi) is 12.2. The van der Waals surface area contributed by atoms with Gasteiger partial charge in [-0.2, -0.15) is 0 Å². The van der Waals surface area contributed by atoms with Crippen LogP contribution in [-0.2, 0) is 32.6 Å². The van der Waals surface area contributed by atoms with E-state index in [4.69, 9.17) is 23.2 Å². The lowest BCUT2D eigenvalue weighted by molar-refractivity contribution is -0.141. The van der Waals surface area contributed by atoms with Crippen molar-refractivity contribution in [2.45, 2.75) is 90.3 Å². The molecule has 1 saturated carbocycles. The Morgan fingerprint density at radius 1 is 1.00 bits per heavy atom. The van der Waals surface area contributed by atoms with E-state index in [0.717, 1.165) is 43.9 Å². The highest BCUT2D eigenvalue weighted by atomic mass is 35.5. The first-order valence-corrected chi connectivity index (χ1v) is 16.7. The molecule has 0 saturated heterocycles. The topological polar surface area (TPSA) is 86.8 Å². The van der Waals surface area contributed by atoms with Crippen molar-refractivity contribution in [3.63, 3.8) is 0 Å². The van der Waals surface area contributed by atoms with Gasteiger partial charge < -0.3 is 10.2 Å². The number of amides is 2. The first-order chi connectivity index (χ1) is 19.0. The molecule has 220 valence electrons. The van der Waals surface area contributed by atoms with Gasteiger partial charge in [0.2, 0.25) is 21.8 Å². The minimum absolute atomic E-state index is 0.0638. The van der Waals surface area contributed by atoms with Crippen LogP contribution in [0.1, 0.15) is 76.3 Å². The van der Waals surface area contributed by atoms with Gasteiger partial charge in [0.1, 0.15) is 6.04 Å². The molecule has 0 radical (unpaired) electrons. The highest BCUT2D eigenvalue weighted by molar-refractivity contribution is 7.92. The van der Waals surface area contributed by atoms with Gasteiger partial charge in [0.25, 0.3) is 0 Å². The van der Waals surface area contributed by atoms with Crippen LogP contribution >= 0.6 is 23.2 Å². The van der Waals surface area contributed by atoms with Crippen LogP contribution in [0.2, 0.25) is 10.0 Å². The van der Waals surface area contributed by atoms with Gasteiger partial charge in [-0.05, 0) is 61.9 Å². The molecule has 0 unspecified atom stereocenters. The van der Waals surface area contributed by atoms with Crippen molar-refractivity contribution in [3.05, 3.63) is 63.6 Å². The lowest BCUT2D eigenvalue weighted by atomic mass is 9.95. The summed E-state index contributed by atoms with van der Waals surface area (Å²) in [6.45, 7) is 4.14. The first-order valence-electron chi connectivity index (χ1n) is 14.1. The molecule has 1 N–H and O–H groups in total. The molecule has 40 heavy (non-hydrogen) atoms. The summed E-state index contributed by atoms with van der Waals surface area (Å²) in [6.07, 6.45) is 8.00. The number of nitrogens with zero attached hydrogens (tertiary/aromatic N) is 2. The summed E-state index contributed by atoms with van der Waals surface area (Å²) in [4.78, 5) is 28.7. The van der Waals surface area contributed by atoms with E-state index >= 15 is 0 Å². The molecule has 1 aliphatic rings. The van der Waals surface area contributed by atoms with Gasteiger partial charge in [0, 0.05) is 41.2 Å². The van der Waals surface area contributed by atoms with E-state index in [-0.39, 0.29) is 43.8 Å². The number of carbonyl (C=O) groups is 2. The molecule has 0 bridgehead atoms. The van der Waals surface area contributed by atoms with Gasteiger partial charge in [-0.1, -0.05) is 74.5 Å². The minimum atomic E-state index is -3.56. The quantitative estimate of drug-likeness (QED) is 0.286. The monoisotopic (exact) mass is 609 g/mol. The Hall–Kier alpha value is -2.29. The van der Waals surface area contributed by atoms with Crippen molar-refractivity contribution in [2.75, 3.05) is 17.1 Å². The van der Waals surface area contributed by atoms with E-state index in [1.807, 2.05) is 26.0 Å². The van der Waals surface area contributed by atoms with Gasteiger partial charge in [0.05, 0.1) is 11.9 Å². The molecule has 0 spiro atoms. The van der Waals surface area contributed by atoms with Crippen molar-refractivity contribution in [2.24, 2.45) is 0 Å². The number of benzene rings is 2. The highest BCUT2D eigenvalue weighted by Gasteiger charge is 2.31. The third-order valence-electron chi connectivity index (χ3n) is 7.51. The predicted octanol–water partition coefficient (Wildman–Crippen LogP) is 6.36. The normalized spacial score (nSPS) is 14.9. The van der Waals surface area contributed by atoms with E-state index in [9.17, 15) is 18.0 Å². The second-order valence-corrected chi connectivity index (χ2v) is 13.2. The van der Waals surface area contributed by atoms with Crippen LogP contribution in [0.5, 0.6) is 0 Å².